The fourth-order valence-electron chi connectivity index (χ4n) is 1.80. The van der Waals surface area contributed by atoms with Gasteiger partial charge < -0.3 is 10.2 Å². The Hall–Kier alpha value is -2.28. The third-order valence-electron chi connectivity index (χ3n) is 3.77. The van der Waals surface area contributed by atoms with Gasteiger partial charge in [-0.25, -0.2) is 4.68 Å². The van der Waals surface area contributed by atoms with Crippen molar-refractivity contribution in [2.24, 2.45) is 5.41 Å². The van der Waals surface area contributed by atoms with Gasteiger partial charge in [-0.1, -0.05) is 12.1 Å². The van der Waals surface area contributed by atoms with Crippen molar-refractivity contribution in [2.75, 3.05) is 0 Å². The van der Waals surface area contributed by atoms with Crippen LogP contribution < -0.4 is 0 Å². The van der Waals surface area contributed by atoms with E-state index in [1.54, 1.807) is 24.3 Å². The normalized spacial score (nSPS) is 14.8. The first-order chi connectivity index (χ1) is 9.26. The lowest BCUT2D eigenvalue weighted by atomic mass is 9.72. The minimum atomic E-state index is -1.54. The molecule has 2 N–H and O–H groups in total. The molecule has 1 heterocycles. The van der Waals surface area contributed by atoms with Gasteiger partial charge in [0.2, 0.25) is 0 Å². The largest absolute Gasteiger partial charge is 0.481 e. The highest BCUT2D eigenvalue weighted by molar-refractivity contribution is 5.75. The van der Waals surface area contributed by atoms with Gasteiger partial charge in [-0.3, -0.25) is 4.79 Å². The Balaban J connectivity index is 2.48. The van der Waals surface area contributed by atoms with Crippen molar-refractivity contribution in [3.63, 3.8) is 0 Å². The summed E-state index contributed by atoms with van der Waals surface area (Å²) < 4.78 is 1.44. The smallest absolute Gasteiger partial charge is 0.312 e. The van der Waals surface area contributed by atoms with Crippen molar-refractivity contribution in [3.8, 4) is 5.69 Å². The van der Waals surface area contributed by atoms with Crippen LogP contribution in [0.1, 0.15) is 26.3 Å². The standard InChI is InChI=1S/C13H16N4O3/c1-12(2,11(18)19)13(3,20)9-5-4-6-10(7-9)17-8-14-15-16-17/h4-8,20H,1-3H3,(H,18,19). The number of rotatable bonds is 4. The van der Waals surface area contributed by atoms with E-state index in [0.29, 0.717) is 11.3 Å². The molecular formula is C13H16N4O3. The van der Waals surface area contributed by atoms with Crippen LogP contribution in [0, 0.1) is 5.41 Å². The number of carboxylic acid groups (broad SMARTS) is 1. The fraction of sp³-hybridized carbons (Fsp3) is 0.385. The Labute approximate surface area is 115 Å². The molecular weight excluding hydrogens is 260 g/mol. The molecule has 106 valence electrons. The molecule has 2 aromatic rings. The van der Waals surface area contributed by atoms with E-state index >= 15 is 0 Å². The molecule has 20 heavy (non-hydrogen) atoms. The number of nitrogens with zero attached hydrogens (tertiary/aromatic N) is 4. The quantitative estimate of drug-likeness (QED) is 0.863. The van der Waals surface area contributed by atoms with Crippen molar-refractivity contribution < 1.29 is 15.0 Å². The van der Waals surface area contributed by atoms with Crippen LogP contribution in [0.25, 0.3) is 5.69 Å². The number of aromatic nitrogens is 4. The average molecular weight is 276 g/mol. The van der Waals surface area contributed by atoms with Gasteiger partial charge in [0.15, 0.2) is 0 Å². The van der Waals surface area contributed by atoms with E-state index < -0.39 is 17.0 Å². The van der Waals surface area contributed by atoms with Crippen LogP contribution in [0.5, 0.6) is 0 Å². The molecule has 0 aliphatic carbocycles. The van der Waals surface area contributed by atoms with E-state index in [2.05, 4.69) is 15.5 Å². The Morgan fingerprint density at radius 1 is 1.30 bits per heavy atom. The van der Waals surface area contributed by atoms with Gasteiger partial charge in [-0.05, 0) is 48.9 Å². The van der Waals surface area contributed by atoms with E-state index in [9.17, 15) is 15.0 Å². The van der Waals surface area contributed by atoms with Gasteiger partial charge >= 0.3 is 5.97 Å². The molecule has 0 aliphatic rings. The molecule has 7 heteroatoms. The molecule has 0 amide bonds. The summed E-state index contributed by atoms with van der Waals surface area (Å²) in [5, 5.41) is 30.8. The zero-order valence-corrected chi connectivity index (χ0v) is 11.5. The lowest BCUT2D eigenvalue weighted by molar-refractivity contribution is -0.164. The fourth-order valence-corrected chi connectivity index (χ4v) is 1.80. The maximum Gasteiger partial charge on any atom is 0.312 e. The molecule has 0 fully saturated rings. The molecule has 0 radical (unpaired) electrons. The van der Waals surface area contributed by atoms with E-state index in [0.717, 1.165) is 0 Å². The first-order valence-corrected chi connectivity index (χ1v) is 6.06. The Bertz CT molecular complexity index is 620. The van der Waals surface area contributed by atoms with Crippen LogP contribution in [-0.2, 0) is 10.4 Å². The number of carbonyl (C=O) groups is 1. The third-order valence-corrected chi connectivity index (χ3v) is 3.77. The number of hydrogen-bond acceptors (Lipinski definition) is 5. The Kier molecular flexibility index (Phi) is 3.31. The van der Waals surface area contributed by atoms with E-state index in [1.807, 2.05) is 0 Å². The molecule has 0 saturated carbocycles. The molecule has 0 aliphatic heterocycles. The number of aliphatic carboxylic acids is 1. The minimum Gasteiger partial charge on any atom is -0.481 e. The number of aliphatic hydroxyl groups is 1. The number of hydrogen-bond donors (Lipinski definition) is 2. The van der Waals surface area contributed by atoms with E-state index in [4.69, 9.17) is 0 Å². The topological polar surface area (TPSA) is 101 Å². The second-order valence-electron chi connectivity index (χ2n) is 5.31. The molecule has 0 bridgehead atoms. The number of carboxylic acids is 1. The van der Waals surface area contributed by atoms with Crippen LogP contribution in [0.3, 0.4) is 0 Å². The molecule has 7 nitrogen and oxygen atoms in total. The van der Waals surface area contributed by atoms with Gasteiger partial charge in [0.05, 0.1) is 11.1 Å². The summed E-state index contributed by atoms with van der Waals surface area (Å²) in [6.45, 7) is 4.46. The van der Waals surface area contributed by atoms with Gasteiger partial charge in [0.1, 0.15) is 11.9 Å². The van der Waals surface area contributed by atoms with Crippen molar-refractivity contribution in [3.05, 3.63) is 36.2 Å². The Morgan fingerprint density at radius 2 is 2.00 bits per heavy atom. The maximum atomic E-state index is 11.4. The lowest BCUT2D eigenvalue weighted by Gasteiger charge is -2.37. The van der Waals surface area contributed by atoms with Crippen LogP contribution >= 0.6 is 0 Å². The molecule has 1 aromatic carbocycles. The van der Waals surface area contributed by atoms with Crippen LogP contribution in [0.4, 0.5) is 0 Å². The van der Waals surface area contributed by atoms with Crippen LogP contribution in [-0.4, -0.2) is 36.4 Å². The minimum absolute atomic E-state index is 0.484. The van der Waals surface area contributed by atoms with Gasteiger partial charge in [0, 0.05) is 0 Å². The molecule has 1 atom stereocenters. The van der Waals surface area contributed by atoms with Crippen molar-refractivity contribution in [2.45, 2.75) is 26.4 Å². The lowest BCUT2D eigenvalue weighted by Crippen LogP contribution is -2.45. The maximum absolute atomic E-state index is 11.4. The van der Waals surface area contributed by atoms with Crippen molar-refractivity contribution >= 4 is 5.97 Å². The number of benzene rings is 1. The summed E-state index contributed by atoms with van der Waals surface area (Å²) in [6.07, 6.45) is 1.43. The predicted molar refractivity (Wildman–Crippen MR) is 70.1 cm³/mol. The zero-order valence-electron chi connectivity index (χ0n) is 11.5. The monoisotopic (exact) mass is 276 g/mol. The van der Waals surface area contributed by atoms with Crippen molar-refractivity contribution in [1.82, 2.24) is 20.2 Å². The highest BCUT2D eigenvalue weighted by Crippen LogP contribution is 2.39. The second-order valence-corrected chi connectivity index (χ2v) is 5.31. The summed E-state index contributed by atoms with van der Waals surface area (Å²) >= 11 is 0. The summed E-state index contributed by atoms with van der Waals surface area (Å²) in [6, 6.07) is 6.84. The molecule has 0 spiro atoms. The molecule has 1 unspecified atom stereocenters. The first kappa shape index (κ1) is 14.1. The summed E-state index contributed by atoms with van der Waals surface area (Å²) in [4.78, 5) is 11.4. The summed E-state index contributed by atoms with van der Waals surface area (Å²) in [5.41, 5.74) is -1.75. The first-order valence-electron chi connectivity index (χ1n) is 6.06. The molecule has 1 aromatic heterocycles. The highest BCUT2D eigenvalue weighted by atomic mass is 16.4. The average Bonchev–Trinajstić information content (AvgIpc) is 2.92. The second kappa shape index (κ2) is 4.68. The zero-order chi connectivity index (χ0) is 15.0. The van der Waals surface area contributed by atoms with Gasteiger partial charge in [-0.15, -0.1) is 5.10 Å². The molecule has 0 saturated heterocycles. The van der Waals surface area contributed by atoms with Crippen molar-refractivity contribution in [1.29, 1.82) is 0 Å². The van der Waals surface area contributed by atoms with Gasteiger partial charge in [0.25, 0.3) is 0 Å². The SMILES string of the molecule is CC(C)(C(=O)O)C(C)(O)c1cccc(-n2cnnn2)c1. The summed E-state index contributed by atoms with van der Waals surface area (Å²) in [5.74, 6) is -1.07. The third kappa shape index (κ3) is 2.16. The van der Waals surface area contributed by atoms with Crippen LogP contribution in [0.15, 0.2) is 30.6 Å². The predicted octanol–water partition coefficient (Wildman–Crippen LogP) is 0.981. The van der Waals surface area contributed by atoms with E-state index in [-0.39, 0.29) is 0 Å². The van der Waals surface area contributed by atoms with E-state index in [1.165, 1.54) is 31.8 Å². The molecule has 2 rings (SSSR count). The Morgan fingerprint density at radius 3 is 2.55 bits per heavy atom. The highest BCUT2D eigenvalue weighted by Gasteiger charge is 2.46. The summed E-state index contributed by atoms with van der Waals surface area (Å²) in [7, 11) is 0. The number of tetrazole rings is 1. The van der Waals surface area contributed by atoms with Crippen LogP contribution in [0.2, 0.25) is 0 Å². The van der Waals surface area contributed by atoms with Gasteiger partial charge in [-0.2, -0.15) is 0 Å².